The van der Waals surface area contributed by atoms with E-state index in [9.17, 15) is 24.0 Å². The molecule has 0 radical (unpaired) electrons. The first kappa shape index (κ1) is 58.5. The van der Waals surface area contributed by atoms with E-state index in [1.165, 1.54) is 88.4 Å². The van der Waals surface area contributed by atoms with Crippen LogP contribution in [0.2, 0.25) is 0 Å². The van der Waals surface area contributed by atoms with Crippen molar-refractivity contribution in [3.05, 3.63) is 0 Å². The fraction of sp³-hybridized carbons (Fsp3) is 0.844. The first-order valence-corrected chi connectivity index (χ1v) is 16.2. The van der Waals surface area contributed by atoms with E-state index in [4.69, 9.17) is 15.9 Å². The Morgan fingerprint density at radius 3 is 1.39 bits per heavy atom. The third-order valence-electron chi connectivity index (χ3n) is 6.96. The molecule has 4 N–H and O–H groups in total. The van der Waals surface area contributed by atoms with Gasteiger partial charge in [-0.2, -0.15) is 0 Å². The van der Waals surface area contributed by atoms with Crippen molar-refractivity contribution in [2.75, 3.05) is 13.6 Å². The van der Waals surface area contributed by atoms with E-state index in [0.717, 1.165) is 25.7 Å². The van der Waals surface area contributed by atoms with Crippen LogP contribution in [0, 0.1) is 0 Å². The average Bonchev–Trinajstić information content (AvgIpc) is 2.93. The maximum Gasteiger partial charge on any atom is 1.00 e. The predicted octanol–water partition coefficient (Wildman–Crippen LogP) is 0.0904. The molecular formula is C32H66AlClN2Na2O8. The first-order valence-electron chi connectivity index (χ1n) is 16.2. The molecule has 264 valence electrons. The molecule has 10 nitrogen and oxygen atoms in total. The maximum atomic E-state index is 11.5. The third kappa shape index (κ3) is 44.3. The molecule has 0 spiro atoms. The van der Waals surface area contributed by atoms with Crippen molar-refractivity contribution in [3.8, 4) is 0 Å². The number of nitrogens with zero attached hydrogens (tertiary/aromatic N) is 1. The number of unbranched alkanes of at least 4 members (excludes halogenated alkanes) is 16. The number of hydrogen-bond donors (Lipinski definition) is 3. The second kappa shape index (κ2) is 43.4. The molecule has 0 aromatic heterocycles. The topological polar surface area (TPSA) is 164 Å². The number of hydrogen-bond acceptors (Lipinski definition) is 7. The van der Waals surface area contributed by atoms with Gasteiger partial charge in [0.05, 0.1) is 0 Å². The molecule has 0 saturated heterocycles. The van der Waals surface area contributed by atoms with Crippen molar-refractivity contribution in [3.63, 3.8) is 0 Å². The quantitative estimate of drug-likeness (QED) is 0.0488. The Morgan fingerprint density at radius 2 is 1.02 bits per heavy atom. The van der Waals surface area contributed by atoms with E-state index in [0.29, 0.717) is 12.8 Å². The molecule has 0 aliphatic heterocycles. The van der Waals surface area contributed by atoms with Crippen LogP contribution in [0.1, 0.15) is 158 Å². The van der Waals surface area contributed by atoms with Crippen LogP contribution in [0.3, 0.4) is 0 Å². The molecule has 0 saturated carbocycles. The second-order valence-electron chi connectivity index (χ2n) is 11.1. The Labute approximate surface area is 342 Å². The standard InChI is InChI=1S/C17H31NO5.C15H29NO3.Al.ClH.2Na.5H/c1-2-3-4-5-6-7-8-9-10-11-16(21)23-17(22)14(18)12-13-15(19)20;1-3-4-5-6-7-8-9-10-11-12-14(17)16(2)13-15(18)19;;;;;;;;;/h14H,2-13,18H2,1H3,(H,19,20);3-13H2,1-2H3,(H,18,19);;1H;;;;;;;/q;;;;2*+1;;;;2*-1. The Bertz CT molecular complexity index is 767. The SMILES string of the molecule is CCCCCCCCCCCC(=O)N(C)CC(=O)O.CCCCCCCCCCCC(=O)OC(=O)C(N)CCC(=O)O.Cl.[AlH3].[H-].[H-].[Na+].[Na+]. The van der Waals surface area contributed by atoms with Gasteiger partial charge in [-0.1, -0.05) is 117 Å². The Kier molecular flexibility index (Phi) is 55.2. The van der Waals surface area contributed by atoms with Gasteiger partial charge < -0.3 is 28.4 Å². The van der Waals surface area contributed by atoms with Crippen LogP contribution in [0.5, 0.6) is 0 Å². The summed E-state index contributed by atoms with van der Waals surface area (Å²) in [5, 5.41) is 17.1. The largest absolute Gasteiger partial charge is 1.00 e. The molecule has 1 amide bonds. The predicted molar refractivity (Wildman–Crippen MR) is 184 cm³/mol. The molecule has 46 heavy (non-hydrogen) atoms. The normalized spacial score (nSPS) is 10.3. The number of esters is 2. The van der Waals surface area contributed by atoms with E-state index in [1.807, 2.05) is 0 Å². The number of nitrogens with two attached hydrogens (primary N) is 1. The Morgan fingerprint density at radius 1 is 0.652 bits per heavy atom. The molecule has 1 unspecified atom stereocenters. The zero-order valence-corrected chi connectivity index (χ0v) is 33.9. The van der Waals surface area contributed by atoms with E-state index < -0.39 is 29.9 Å². The molecule has 14 heteroatoms. The van der Waals surface area contributed by atoms with Crippen molar-refractivity contribution < 1.29 is 101 Å². The fourth-order valence-electron chi connectivity index (χ4n) is 4.28. The monoisotopic (exact) mass is 714 g/mol. The summed E-state index contributed by atoms with van der Waals surface area (Å²) in [6.07, 6.45) is 21.7. The molecule has 0 aliphatic carbocycles. The first-order chi connectivity index (χ1) is 20.0. The zero-order valence-electron chi connectivity index (χ0n) is 31.1. The maximum absolute atomic E-state index is 11.5. The number of halogens is 1. The van der Waals surface area contributed by atoms with Crippen LogP contribution < -0.4 is 64.8 Å². The smallest absolute Gasteiger partial charge is 1.00 e. The van der Waals surface area contributed by atoms with Gasteiger partial charge in [0.25, 0.3) is 0 Å². The van der Waals surface area contributed by atoms with Gasteiger partial charge in [-0.3, -0.25) is 19.2 Å². The minimum Gasteiger partial charge on any atom is -1.00 e. The van der Waals surface area contributed by atoms with Crippen LogP contribution in [-0.2, 0) is 28.7 Å². The van der Waals surface area contributed by atoms with E-state index in [2.05, 4.69) is 18.6 Å². The summed E-state index contributed by atoms with van der Waals surface area (Å²) in [5.74, 6) is -3.47. The third-order valence-corrected chi connectivity index (χ3v) is 6.96. The summed E-state index contributed by atoms with van der Waals surface area (Å²) >= 11 is 0. The molecule has 0 aliphatic rings. The van der Waals surface area contributed by atoms with Gasteiger partial charge in [0.1, 0.15) is 12.6 Å². The number of aliphatic carboxylic acids is 2. The van der Waals surface area contributed by atoms with Crippen LogP contribution in [0.25, 0.3) is 0 Å². The summed E-state index contributed by atoms with van der Waals surface area (Å²) < 4.78 is 4.62. The van der Waals surface area contributed by atoms with Gasteiger partial charge >= 0.3 is 83.0 Å². The molecule has 0 rings (SSSR count). The summed E-state index contributed by atoms with van der Waals surface area (Å²) in [5.41, 5.74) is 5.47. The van der Waals surface area contributed by atoms with Gasteiger partial charge in [-0.25, -0.2) is 4.79 Å². The van der Waals surface area contributed by atoms with E-state index in [1.54, 1.807) is 7.05 Å². The number of carboxylic acid groups (broad SMARTS) is 2. The molecule has 0 bridgehead atoms. The van der Waals surface area contributed by atoms with Crippen molar-refractivity contribution in [2.24, 2.45) is 5.73 Å². The van der Waals surface area contributed by atoms with Crippen molar-refractivity contribution >= 4 is 59.6 Å². The van der Waals surface area contributed by atoms with Gasteiger partial charge in [0, 0.05) is 26.3 Å². The molecule has 0 aromatic carbocycles. The van der Waals surface area contributed by atoms with Crippen LogP contribution in [0.15, 0.2) is 0 Å². The number of amides is 1. The number of ether oxygens (including phenoxy) is 1. The van der Waals surface area contributed by atoms with Crippen molar-refractivity contribution in [1.29, 1.82) is 0 Å². The van der Waals surface area contributed by atoms with Crippen LogP contribution in [-0.4, -0.2) is 81.9 Å². The number of carbonyl (C=O) groups excluding carboxylic acids is 3. The van der Waals surface area contributed by atoms with Gasteiger partial charge in [0.2, 0.25) is 5.91 Å². The zero-order chi connectivity index (χ0) is 32.0. The Hall–Kier alpha value is 0.332. The summed E-state index contributed by atoms with van der Waals surface area (Å²) in [7, 11) is 1.55. The summed E-state index contributed by atoms with van der Waals surface area (Å²) in [6, 6.07) is -1.06. The number of carbonyl (C=O) groups is 5. The van der Waals surface area contributed by atoms with E-state index >= 15 is 0 Å². The van der Waals surface area contributed by atoms with Gasteiger partial charge in [-0.05, 0) is 19.3 Å². The van der Waals surface area contributed by atoms with Crippen molar-refractivity contribution in [2.45, 2.75) is 161 Å². The number of rotatable bonds is 26. The molecule has 1 atom stereocenters. The van der Waals surface area contributed by atoms with Crippen molar-refractivity contribution in [1.82, 2.24) is 4.90 Å². The summed E-state index contributed by atoms with van der Waals surface area (Å²) in [4.78, 5) is 56.6. The molecule has 0 aromatic rings. The molecular weight excluding hydrogens is 649 g/mol. The number of carboxylic acids is 2. The minimum absolute atomic E-state index is 0. The van der Waals surface area contributed by atoms with Crippen LogP contribution >= 0.6 is 12.4 Å². The second-order valence-corrected chi connectivity index (χ2v) is 11.1. The van der Waals surface area contributed by atoms with E-state index in [-0.39, 0.29) is 123 Å². The van der Waals surface area contributed by atoms with Gasteiger partial charge in [-0.15, -0.1) is 12.4 Å². The molecule has 0 heterocycles. The van der Waals surface area contributed by atoms with Crippen LogP contribution in [0.4, 0.5) is 0 Å². The minimum atomic E-state index is -1.06. The number of likely N-dealkylation sites (N-methyl/N-ethyl adjacent to an activating group) is 1. The Balaban J connectivity index is -0.000000100. The summed E-state index contributed by atoms with van der Waals surface area (Å²) in [6.45, 7) is 4.22. The fourth-order valence-corrected chi connectivity index (χ4v) is 4.28. The molecule has 0 fully saturated rings. The van der Waals surface area contributed by atoms with Gasteiger partial charge in [0.15, 0.2) is 17.4 Å². The average molecular weight is 715 g/mol.